The molecule has 0 aliphatic rings. The van der Waals surface area contributed by atoms with E-state index in [9.17, 15) is 19.5 Å². The van der Waals surface area contributed by atoms with Crippen molar-refractivity contribution >= 4 is 11.9 Å². The van der Waals surface area contributed by atoms with Crippen LogP contribution in [-0.4, -0.2) is 27.6 Å². The van der Waals surface area contributed by atoms with E-state index >= 15 is 0 Å². The number of aliphatic carboxylic acids is 1. The molecule has 1 amide bonds. The Labute approximate surface area is 136 Å². The average molecular weight is 322 g/mol. The molecule has 2 atom stereocenters. The average Bonchev–Trinajstić information content (AvgIpc) is 2.42. The number of nitrogens with one attached hydrogen (secondary N) is 1. The smallest absolute Gasteiger partial charge is 0.326 e. The van der Waals surface area contributed by atoms with Crippen LogP contribution < -0.4 is 10.9 Å². The largest absolute Gasteiger partial charge is 0.480 e. The third-order valence-corrected chi connectivity index (χ3v) is 3.69. The quantitative estimate of drug-likeness (QED) is 0.803. The number of rotatable bonds is 7. The van der Waals surface area contributed by atoms with Gasteiger partial charge in [0.1, 0.15) is 12.1 Å². The lowest BCUT2D eigenvalue weighted by atomic mass is 10.00. The van der Waals surface area contributed by atoms with Crippen molar-refractivity contribution < 1.29 is 14.7 Å². The van der Waals surface area contributed by atoms with Crippen LogP contribution in [0.2, 0.25) is 0 Å². The monoisotopic (exact) mass is 322 g/mol. The molecule has 1 heterocycles. The lowest BCUT2D eigenvalue weighted by Gasteiger charge is -2.25. The molecule has 2 N–H and O–H groups in total. The SMILES string of the molecule is Cc1cccn(C(C(=O)NC(CC(C)C)C(=O)O)C(C)C)c1=O. The Hall–Kier alpha value is -2.11. The summed E-state index contributed by atoms with van der Waals surface area (Å²) in [4.78, 5) is 36.2. The fourth-order valence-corrected chi connectivity index (χ4v) is 2.54. The molecule has 0 aliphatic carbocycles. The first-order valence-electron chi connectivity index (χ1n) is 7.86. The van der Waals surface area contributed by atoms with Gasteiger partial charge in [0.15, 0.2) is 0 Å². The van der Waals surface area contributed by atoms with Crippen LogP contribution in [0, 0.1) is 18.8 Å². The fraction of sp³-hybridized carbons (Fsp3) is 0.588. The first kappa shape index (κ1) is 18.9. The Bertz CT molecular complexity index is 619. The Morgan fingerprint density at radius 1 is 1.26 bits per heavy atom. The summed E-state index contributed by atoms with van der Waals surface area (Å²) in [5.41, 5.74) is 0.306. The Morgan fingerprint density at radius 3 is 2.35 bits per heavy atom. The van der Waals surface area contributed by atoms with Gasteiger partial charge in [-0.2, -0.15) is 0 Å². The molecular weight excluding hydrogens is 296 g/mol. The third kappa shape index (κ3) is 4.94. The van der Waals surface area contributed by atoms with Gasteiger partial charge in [-0.15, -0.1) is 0 Å². The van der Waals surface area contributed by atoms with Crippen LogP contribution in [0.5, 0.6) is 0 Å². The number of hydrogen-bond donors (Lipinski definition) is 2. The number of carboxylic acids is 1. The summed E-state index contributed by atoms with van der Waals surface area (Å²) in [5.74, 6) is -1.52. The second-order valence-electron chi connectivity index (χ2n) is 6.62. The van der Waals surface area contributed by atoms with Gasteiger partial charge in [-0.1, -0.05) is 33.8 Å². The molecule has 0 fully saturated rings. The highest BCUT2D eigenvalue weighted by Crippen LogP contribution is 2.17. The lowest BCUT2D eigenvalue weighted by molar-refractivity contribution is -0.143. The van der Waals surface area contributed by atoms with Crippen molar-refractivity contribution in [1.82, 2.24) is 9.88 Å². The summed E-state index contributed by atoms with van der Waals surface area (Å²) in [7, 11) is 0. The summed E-state index contributed by atoms with van der Waals surface area (Å²) in [6.45, 7) is 9.14. The van der Waals surface area contributed by atoms with Gasteiger partial charge in [0.05, 0.1) is 0 Å². The highest BCUT2D eigenvalue weighted by atomic mass is 16.4. The summed E-state index contributed by atoms with van der Waals surface area (Å²) in [6, 6.07) is 1.70. The molecule has 6 nitrogen and oxygen atoms in total. The molecule has 23 heavy (non-hydrogen) atoms. The second kappa shape index (κ2) is 7.94. The fourth-order valence-electron chi connectivity index (χ4n) is 2.54. The van der Waals surface area contributed by atoms with Crippen LogP contribution in [-0.2, 0) is 9.59 Å². The molecule has 0 aromatic carbocycles. The molecule has 0 bridgehead atoms. The highest BCUT2D eigenvalue weighted by molar-refractivity contribution is 5.86. The molecule has 0 aliphatic heterocycles. The molecule has 2 unspecified atom stereocenters. The minimum absolute atomic E-state index is 0.135. The number of nitrogens with zero attached hydrogens (tertiary/aromatic N) is 1. The number of carbonyl (C=O) groups is 2. The van der Waals surface area contributed by atoms with E-state index in [2.05, 4.69) is 5.32 Å². The summed E-state index contributed by atoms with van der Waals surface area (Å²) in [5, 5.41) is 11.9. The van der Waals surface area contributed by atoms with Crippen LogP contribution in [0.3, 0.4) is 0 Å². The van der Waals surface area contributed by atoms with Crippen LogP contribution in [0.1, 0.15) is 45.7 Å². The Kier molecular flexibility index (Phi) is 6.54. The predicted molar refractivity (Wildman–Crippen MR) is 88.3 cm³/mol. The summed E-state index contributed by atoms with van der Waals surface area (Å²) in [6.07, 6.45) is 1.91. The molecule has 0 saturated heterocycles. The molecule has 0 spiro atoms. The number of carboxylic acid groups (broad SMARTS) is 1. The van der Waals surface area contributed by atoms with Crippen LogP contribution in [0.25, 0.3) is 0 Å². The maximum Gasteiger partial charge on any atom is 0.326 e. The van der Waals surface area contributed by atoms with Gasteiger partial charge in [0.25, 0.3) is 5.56 Å². The second-order valence-corrected chi connectivity index (χ2v) is 6.62. The lowest BCUT2D eigenvalue weighted by Crippen LogP contribution is -2.47. The van der Waals surface area contributed by atoms with E-state index in [0.29, 0.717) is 12.0 Å². The number of pyridine rings is 1. The maximum absolute atomic E-state index is 12.6. The molecule has 128 valence electrons. The number of hydrogen-bond acceptors (Lipinski definition) is 3. The van der Waals surface area contributed by atoms with Crippen LogP contribution in [0.15, 0.2) is 23.1 Å². The topological polar surface area (TPSA) is 88.4 Å². The van der Waals surface area contributed by atoms with Gasteiger partial charge in [-0.05, 0) is 31.2 Å². The van der Waals surface area contributed by atoms with Crippen molar-refractivity contribution in [3.63, 3.8) is 0 Å². The third-order valence-electron chi connectivity index (χ3n) is 3.69. The van der Waals surface area contributed by atoms with Gasteiger partial charge in [-0.3, -0.25) is 9.59 Å². The van der Waals surface area contributed by atoms with E-state index in [1.54, 1.807) is 25.3 Å². The van der Waals surface area contributed by atoms with E-state index in [1.807, 2.05) is 27.7 Å². The predicted octanol–water partition coefficient (Wildman–Crippen LogP) is 1.97. The van der Waals surface area contributed by atoms with Crippen LogP contribution in [0.4, 0.5) is 0 Å². The summed E-state index contributed by atoms with van der Waals surface area (Å²) >= 11 is 0. The Morgan fingerprint density at radius 2 is 1.87 bits per heavy atom. The van der Waals surface area contributed by atoms with E-state index in [-0.39, 0.29) is 17.4 Å². The van der Waals surface area contributed by atoms with Crippen molar-refractivity contribution in [2.75, 3.05) is 0 Å². The van der Waals surface area contributed by atoms with E-state index < -0.39 is 24.0 Å². The zero-order valence-corrected chi connectivity index (χ0v) is 14.4. The van der Waals surface area contributed by atoms with Crippen molar-refractivity contribution in [3.8, 4) is 0 Å². The minimum atomic E-state index is -1.06. The van der Waals surface area contributed by atoms with Gasteiger partial charge < -0.3 is 15.0 Å². The standard InChI is InChI=1S/C17H26N2O4/c1-10(2)9-13(17(22)23)18-15(20)14(11(3)4)19-8-6-7-12(5)16(19)21/h6-8,10-11,13-14H,9H2,1-5H3,(H,18,20)(H,22,23). The molecule has 0 saturated carbocycles. The van der Waals surface area contributed by atoms with Crippen molar-refractivity contribution in [2.24, 2.45) is 11.8 Å². The summed E-state index contributed by atoms with van der Waals surface area (Å²) < 4.78 is 1.38. The minimum Gasteiger partial charge on any atom is -0.480 e. The van der Waals surface area contributed by atoms with Gasteiger partial charge in [-0.25, -0.2) is 4.79 Å². The normalized spacial score (nSPS) is 13.9. The molecular formula is C17H26N2O4. The zero-order valence-electron chi connectivity index (χ0n) is 14.4. The van der Waals surface area contributed by atoms with E-state index in [4.69, 9.17) is 0 Å². The Balaban J connectivity index is 3.10. The molecule has 6 heteroatoms. The molecule has 0 radical (unpaired) electrons. The van der Waals surface area contributed by atoms with Crippen molar-refractivity contribution in [1.29, 1.82) is 0 Å². The number of aromatic nitrogens is 1. The highest BCUT2D eigenvalue weighted by Gasteiger charge is 2.29. The number of carbonyl (C=O) groups excluding carboxylic acids is 1. The van der Waals surface area contributed by atoms with Gasteiger partial charge >= 0.3 is 5.97 Å². The van der Waals surface area contributed by atoms with Crippen LogP contribution >= 0.6 is 0 Å². The zero-order chi connectivity index (χ0) is 17.7. The first-order chi connectivity index (χ1) is 10.6. The van der Waals surface area contributed by atoms with Gasteiger partial charge in [0, 0.05) is 11.8 Å². The molecule has 1 rings (SSSR count). The molecule has 1 aromatic heterocycles. The van der Waals surface area contributed by atoms with E-state index in [1.165, 1.54) is 4.57 Å². The molecule has 1 aromatic rings. The number of aryl methyl sites for hydroxylation is 1. The van der Waals surface area contributed by atoms with Crippen molar-refractivity contribution in [2.45, 2.75) is 53.1 Å². The van der Waals surface area contributed by atoms with Crippen molar-refractivity contribution in [3.05, 3.63) is 34.2 Å². The number of amides is 1. The first-order valence-corrected chi connectivity index (χ1v) is 7.86. The van der Waals surface area contributed by atoms with Gasteiger partial charge in [0.2, 0.25) is 5.91 Å². The van der Waals surface area contributed by atoms with E-state index in [0.717, 1.165) is 0 Å². The maximum atomic E-state index is 12.6.